The summed E-state index contributed by atoms with van der Waals surface area (Å²) in [7, 11) is 0. The molecule has 0 fully saturated rings. The molecule has 0 saturated carbocycles. The SMILES string of the molecule is Cc1cc(F)c(Br)cc1NCc1ccccc1C#N. The van der Waals surface area contributed by atoms with Gasteiger partial charge in [0.25, 0.3) is 0 Å². The lowest BCUT2D eigenvalue weighted by molar-refractivity contribution is 0.620. The number of hydrogen-bond acceptors (Lipinski definition) is 2. The van der Waals surface area contributed by atoms with Crippen molar-refractivity contribution in [3.63, 3.8) is 0 Å². The van der Waals surface area contributed by atoms with Crippen LogP contribution in [0.3, 0.4) is 0 Å². The summed E-state index contributed by atoms with van der Waals surface area (Å²) in [6.45, 7) is 2.37. The van der Waals surface area contributed by atoms with Crippen molar-refractivity contribution >= 4 is 21.6 Å². The van der Waals surface area contributed by atoms with Gasteiger partial charge in [-0.3, -0.25) is 0 Å². The molecule has 0 unspecified atom stereocenters. The molecule has 0 heterocycles. The van der Waals surface area contributed by atoms with Crippen LogP contribution in [0.2, 0.25) is 0 Å². The molecule has 0 bridgehead atoms. The third-order valence-electron chi connectivity index (χ3n) is 2.87. The van der Waals surface area contributed by atoms with Gasteiger partial charge in [0, 0.05) is 12.2 Å². The number of halogens is 2. The van der Waals surface area contributed by atoms with Crippen molar-refractivity contribution in [2.75, 3.05) is 5.32 Å². The third kappa shape index (κ3) is 3.12. The molecule has 4 heteroatoms. The van der Waals surface area contributed by atoms with E-state index in [1.165, 1.54) is 6.07 Å². The van der Waals surface area contributed by atoms with Gasteiger partial charge in [0.1, 0.15) is 5.82 Å². The molecule has 0 aromatic heterocycles. The van der Waals surface area contributed by atoms with Crippen LogP contribution in [0.5, 0.6) is 0 Å². The number of benzene rings is 2. The number of anilines is 1. The van der Waals surface area contributed by atoms with Crippen molar-refractivity contribution in [2.24, 2.45) is 0 Å². The van der Waals surface area contributed by atoms with Crippen LogP contribution in [-0.4, -0.2) is 0 Å². The highest BCUT2D eigenvalue weighted by atomic mass is 79.9. The Morgan fingerprint density at radius 3 is 2.79 bits per heavy atom. The van der Waals surface area contributed by atoms with E-state index in [1.54, 1.807) is 12.1 Å². The van der Waals surface area contributed by atoms with Crippen LogP contribution in [0, 0.1) is 24.1 Å². The first-order valence-electron chi connectivity index (χ1n) is 5.79. The maximum atomic E-state index is 13.3. The van der Waals surface area contributed by atoms with Gasteiger partial charge in [0.05, 0.1) is 16.1 Å². The number of nitrogens with one attached hydrogen (secondary N) is 1. The summed E-state index contributed by atoms with van der Waals surface area (Å²) >= 11 is 3.17. The highest BCUT2D eigenvalue weighted by molar-refractivity contribution is 9.10. The predicted molar refractivity (Wildman–Crippen MR) is 77.3 cm³/mol. The Kier molecular flexibility index (Phi) is 4.18. The molecule has 0 saturated heterocycles. The van der Waals surface area contributed by atoms with Crippen molar-refractivity contribution in [2.45, 2.75) is 13.5 Å². The first kappa shape index (κ1) is 13.6. The van der Waals surface area contributed by atoms with Gasteiger partial charge in [-0.2, -0.15) is 5.26 Å². The molecule has 0 aliphatic rings. The van der Waals surface area contributed by atoms with Crippen molar-refractivity contribution in [1.29, 1.82) is 5.26 Å². The van der Waals surface area contributed by atoms with Gasteiger partial charge < -0.3 is 5.32 Å². The van der Waals surface area contributed by atoms with E-state index in [4.69, 9.17) is 5.26 Å². The van der Waals surface area contributed by atoms with Gasteiger partial charge >= 0.3 is 0 Å². The van der Waals surface area contributed by atoms with E-state index in [1.807, 2.05) is 25.1 Å². The van der Waals surface area contributed by atoms with Crippen molar-refractivity contribution < 1.29 is 4.39 Å². The van der Waals surface area contributed by atoms with Crippen LogP contribution in [0.1, 0.15) is 16.7 Å². The average Bonchev–Trinajstić information content (AvgIpc) is 2.41. The smallest absolute Gasteiger partial charge is 0.137 e. The van der Waals surface area contributed by atoms with E-state index >= 15 is 0 Å². The lowest BCUT2D eigenvalue weighted by atomic mass is 10.1. The molecule has 0 atom stereocenters. The van der Waals surface area contributed by atoms with Gasteiger partial charge in [0.15, 0.2) is 0 Å². The fourth-order valence-corrected chi connectivity index (χ4v) is 2.15. The highest BCUT2D eigenvalue weighted by Gasteiger charge is 2.06. The Labute approximate surface area is 120 Å². The molecule has 0 radical (unpaired) electrons. The molecule has 0 spiro atoms. The van der Waals surface area contributed by atoms with Gasteiger partial charge in [-0.15, -0.1) is 0 Å². The van der Waals surface area contributed by atoms with Gasteiger partial charge in [0.2, 0.25) is 0 Å². The summed E-state index contributed by atoms with van der Waals surface area (Å²) in [5.41, 5.74) is 3.25. The number of rotatable bonds is 3. The van der Waals surface area contributed by atoms with Crippen LogP contribution in [-0.2, 0) is 6.54 Å². The normalized spacial score (nSPS) is 10.0. The Morgan fingerprint density at radius 1 is 1.32 bits per heavy atom. The molecule has 0 aliphatic carbocycles. The van der Waals surface area contributed by atoms with E-state index in [0.717, 1.165) is 16.8 Å². The lowest BCUT2D eigenvalue weighted by Gasteiger charge is -2.11. The Morgan fingerprint density at radius 2 is 2.05 bits per heavy atom. The summed E-state index contributed by atoms with van der Waals surface area (Å²) in [6, 6.07) is 12.8. The highest BCUT2D eigenvalue weighted by Crippen LogP contribution is 2.24. The second kappa shape index (κ2) is 5.85. The summed E-state index contributed by atoms with van der Waals surface area (Å²) in [5, 5.41) is 12.2. The first-order chi connectivity index (χ1) is 9.11. The zero-order valence-corrected chi connectivity index (χ0v) is 12.0. The second-order valence-corrected chi connectivity index (χ2v) is 5.06. The maximum Gasteiger partial charge on any atom is 0.137 e. The van der Waals surface area contributed by atoms with Crippen LogP contribution in [0.15, 0.2) is 40.9 Å². The molecule has 0 amide bonds. The topological polar surface area (TPSA) is 35.8 Å². The van der Waals surface area contributed by atoms with Crippen LogP contribution in [0.4, 0.5) is 10.1 Å². The third-order valence-corrected chi connectivity index (χ3v) is 3.48. The summed E-state index contributed by atoms with van der Waals surface area (Å²) in [4.78, 5) is 0. The monoisotopic (exact) mass is 318 g/mol. The minimum Gasteiger partial charge on any atom is -0.381 e. The van der Waals surface area contributed by atoms with Crippen LogP contribution >= 0.6 is 15.9 Å². The largest absolute Gasteiger partial charge is 0.381 e. The average molecular weight is 319 g/mol. The van der Waals surface area contributed by atoms with Crippen LogP contribution < -0.4 is 5.32 Å². The second-order valence-electron chi connectivity index (χ2n) is 4.20. The van der Waals surface area contributed by atoms with Crippen molar-refractivity contribution in [3.05, 3.63) is 63.4 Å². The Bertz CT molecular complexity index is 647. The summed E-state index contributed by atoms with van der Waals surface area (Å²) in [6.07, 6.45) is 0. The molecule has 2 nitrogen and oxygen atoms in total. The molecule has 19 heavy (non-hydrogen) atoms. The molecule has 1 N–H and O–H groups in total. The van der Waals surface area contributed by atoms with Crippen molar-refractivity contribution in [1.82, 2.24) is 0 Å². The van der Waals surface area contributed by atoms with E-state index in [9.17, 15) is 4.39 Å². The van der Waals surface area contributed by atoms with E-state index in [0.29, 0.717) is 16.6 Å². The molecular formula is C15H12BrFN2. The predicted octanol–water partition coefficient (Wildman–Crippen LogP) is 4.38. The van der Waals surface area contributed by atoms with E-state index in [-0.39, 0.29) is 5.82 Å². The standard InChI is InChI=1S/C15H12BrFN2/c1-10-6-14(17)13(16)7-15(10)19-9-12-5-3-2-4-11(12)8-18/h2-7,19H,9H2,1H3. The zero-order chi connectivity index (χ0) is 13.8. The quantitative estimate of drug-likeness (QED) is 0.911. The summed E-state index contributed by atoms with van der Waals surface area (Å²) < 4.78 is 13.7. The Hall–Kier alpha value is -1.86. The molecule has 96 valence electrons. The van der Waals surface area contributed by atoms with Gasteiger partial charge in [-0.25, -0.2) is 4.39 Å². The van der Waals surface area contributed by atoms with Crippen LogP contribution in [0.25, 0.3) is 0 Å². The van der Waals surface area contributed by atoms with E-state index in [2.05, 4.69) is 27.3 Å². The number of hydrogen-bond donors (Lipinski definition) is 1. The summed E-state index contributed by atoms with van der Waals surface area (Å²) in [5.74, 6) is -0.277. The first-order valence-corrected chi connectivity index (χ1v) is 6.58. The lowest BCUT2D eigenvalue weighted by Crippen LogP contribution is -2.03. The van der Waals surface area contributed by atoms with Gasteiger partial charge in [-0.1, -0.05) is 18.2 Å². The minimum absolute atomic E-state index is 0.277. The molecular weight excluding hydrogens is 307 g/mol. The Balaban J connectivity index is 2.20. The van der Waals surface area contributed by atoms with E-state index < -0.39 is 0 Å². The maximum absolute atomic E-state index is 13.3. The number of aryl methyl sites for hydroxylation is 1. The van der Waals surface area contributed by atoms with Gasteiger partial charge in [-0.05, 0) is 52.2 Å². The zero-order valence-electron chi connectivity index (χ0n) is 10.4. The minimum atomic E-state index is -0.277. The molecule has 2 aromatic rings. The fraction of sp³-hybridized carbons (Fsp3) is 0.133. The molecule has 2 aromatic carbocycles. The number of nitriles is 1. The molecule has 0 aliphatic heterocycles. The number of nitrogens with zero attached hydrogens (tertiary/aromatic N) is 1. The van der Waals surface area contributed by atoms with Crippen molar-refractivity contribution in [3.8, 4) is 6.07 Å². The fourth-order valence-electron chi connectivity index (χ4n) is 1.81. The molecule has 2 rings (SSSR count).